The molecular weight excluding hydrogens is 308 g/mol. The number of halogens is 1. The molecule has 0 fully saturated rings. The zero-order valence-corrected chi connectivity index (χ0v) is 12.5. The quantitative estimate of drug-likeness (QED) is 0.940. The molecule has 1 N–H and O–H groups in total. The maximum absolute atomic E-state index is 12.0. The maximum Gasteiger partial charge on any atom is 0.251 e. The van der Waals surface area contributed by atoms with Crippen LogP contribution in [0.1, 0.15) is 34.5 Å². The van der Waals surface area contributed by atoms with Crippen LogP contribution in [0.2, 0.25) is 0 Å². The van der Waals surface area contributed by atoms with Gasteiger partial charge < -0.3 is 9.73 Å². The molecule has 0 aliphatic carbocycles. The topological polar surface area (TPSA) is 55.1 Å². The van der Waals surface area contributed by atoms with Gasteiger partial charge in [0, 0.05) is 16.5 Å². The number of carbonyl (C=O) groups is 1. The van der Waals surface area contributed by atoms with Crippen molar-refractivity contribution in [3.05, 3.63) is 51.6 Å². The minimum absolute atomic E-state index is 0.138. The van der Waals surface area contributed by atoms with Crippen molar-refractivity contribution in [2.45, 2.75) is 26.8 Å². The highest BCUT2D eigenvalue weighted by Crippen LogP contribution is 2.15. The molecule has 0 spiro atoms. The zero-order valence-electron chi connectivity index (χ0n) is 10.9. The molecule has 0 aliphatic heterocycles. The van der Waals surface area contributed by atoms with Gasteiger partial charge in [-0.05, 0) is 30.7 Å². The van der Waals surface area contributed by atoms with Gasteiger partial charge in [-0.25, -0.2) is 4.98 Å². The Balaban J connectivity index is 2.00. The highest BCUT2D eigenvalue weighted by atomic mass is 79.9. The van der Waals surface area contributed by atoms with Crippen LogP contribution in [0.5, 0.6) is 0 Å². The van der Waals surface area contributed by atoms with E-state index < -0.39 is 0 Å². The van der Waals surface area contributed by atoms with Crippen LogP contribution < -0.4 is 5.32 Å². The third-order valence-electron chi connectivity index (χ3n) is 2.65. The molecule has 2 rings (SSSR count). The average Bonchev–Trinajstić information content (AvgIpc) is 2.82. The van der Waals surface area contributed by atoms with E-state index in [4.69, 9.17) is 4.42 Å². The van der Waals surface area contributed by atoms with E-state index in [9.17, 15) is 4.79 Å². The van der Waals surface area contributed by atoms with Gasteiger partial charge >= 0.3 is 0 Å². The molecule has 0 saturated carbocycles. The third kappa shape index (κ3) is 3.67. The highest BCUT2D eigenvalue weighted by molar-refractivity contribution is 9.10. The van der Waals surface area contributed by atoms with E-state index in [1.165, 1.54) is 0 Å². The van der Waals surface area contributed by atoms with Gasteiger partial charge in [-0.15, -0.1) is 0 Å². The molecule has 100 valence electrons. The lowest BCUT2D eigenvalue weighted by Crippen LogP contribution is -2.23. The van der Waals surface area contributed by atoms with Crippen molar-refractivity contribution in [3.63, 3.8) is 0 Å². The Labute approximate surface area is 120 Å². The number of amides is 1. The third-order valence-corrected chi connectivity index (χ3v) is 3.11. The summed E-state index contributed by atoms with van der Waals surface area (Å²) in [6.45, 7) is 4.24. The van der Waals surface area contributed by atoms with Crippen molar-refractivity contribution in [3.8, 4) is 0 Å². The summed E-state index contributed by atoms with van der Waals surface area (Å²) in [5, 5.41) is 2.79. The number of hydrogen-bond donors (Lipinski definition) is 1. The summed E-state index contributed by atoms with van der Waals surface area (Å²) in [6, 6.07) is 5.58. The molecule has 1 heterocycles. The number of benzene rings is 1. The minimum Gasteiger partial charge on any atom is -0.444 e. The number of carbonyl (C=O) groups excluding carboxylic acids is 1. The van der Waals surface area contributed by atoms with E-state index in [0.29, 0.717) is 18.0 Å². The Kier molecular flexibility index (Phi) is 4.37. The summed E-state index contributed by atoms with van der Waals surface area (Å²) in [5.41, 5.74) is 1.65. The summed E-state index contributed by atoms with van der Waals surface area (Å²) in [4.78, 5) is 16.1. The first kappa shape index (κ1) is 13.8. The standard InChI is InChI=1S/C14H15BrN2O2/c1-3-12-7-16-13(19-12)8-17-14(18)10-4-9(2)5-11(15)6-10/h4-7H,3,8H2,1-2H3,(H,17,18). The summed E-state index contributed by atoms with van der Waals surface area (Å²) < 4.78 is 6.32. The van der Waals surface area contributed by atoms with Crippen LogP contribution in [-0.2, 0) is 13.0 Å². The number of rotatable bonds is 4. The number of aromatic nitrogens is 1. The molecule has 0 bridgehead atoms. The van der Waals surface area contributed by atoms with E-state index in [-0.39, 0.29) is 5.91 Å². The first-order chi connectivity index (χ1) is 9.08. The van der Waals surface area contributed by atoms with E-state index in [1.54, 1.807) is 12.3 Å². The Bertz CT molecular complexity index is 573. The number of aryl methyl sites for hydroxylation is 2. The number of oxazole rings is 1. The fourth-order valence-electron chi connectivity index (χ4n) is 1.72. The normalized spacial score (nSPS) is 10.5. The van der Waals surface area contributed by atoms with Crippen molar-refractivity contribution in [1.29, 1.82) is 0 Å². The first-order valence-corrected chi connectivity index (χ1v) is 6.86. The van der Waals surface area contributed by atoms with Crippen molar-refractivity contribution >= 4 is 21.8 Å². The monoisotopic (exact) mass is 322 g/mol. The lowest BCUT2D eigenvalue weighted by atomic mass is 10.1. The second kappa shape index (κ2) is 6.02. The smallest absolute Gasteiger partial charge is 0.251 e. The van der Waals surface area contributed by atoms with Gasteiger partial charge in [0.1, 0.15) is 5.76 Å². The maximum atomic E-state index is 12.0. The Morgan fingerprint density at radius 3 is 2.84 bits per heavy atom. The van der Waals surface area contributed by atoms with Crippen LogP contribution in [0, 0.1) is 6.92 Å². The van der Waals surface area contributed by atoms with Gasteiger partial charge in [0.2, 0.25) is 5.89 Å². The van der Waals surface area contributed by atoms with Crippen LogP contribution in [-0.4, -0.2) is 10.9 Å². The predicted octanol–water partition coefficient (Wildman–Crippen LogP) is 3.24. The second-order valence-electron chi connectivity index (χ2n) is 4.27. The lowest BCUT2D eigenvalue weighted by Gasteiger charge is -2.04. The van der Waals surface area contributed by atoms with E-state index in [2.05, 4.69) is 26.2 Å². The summed E-state index contributed by atoms with van der Waals surface area (Å²) in [5.74, 6) is 1.21. The molecule has 0 aliphatic rings. The lowest BCUT2D eigenvalue weighted by molar-refractivity contribution is 0.0947. The number of nitrogens with zero attached hydrogens (tertiary/aromatic N) is 1. The Morgan fingerprint density at radius 2 is 2.21 bits per heavy atom. The van der Waals surface area contributed by atoms with Gasteiger partial charge in [-0.3, -0.25) is 4.79 Å². The summed E-state index contributed by atoms with van der Waals surface area (Å²) >= 11 is 3.38. The van der Waals surface area contributed by atoms with Crippen LogP contribution in [0.15, 0.2) is 33.3 Å². The second-order valence-corrected chi connectivity index (χ2v) is 5.19. The average molecular weight is 323 g/mol. The molecule has 1 amide bonds. The van der Waals surface area contributed by atoms with Crippen LogP contribution in [0.3, 0.4) is 0 Å². The minimum atomic E-state index is -0.138. The van der Waals surface area contributed by atoms with E-state index >= 15 is 0 Å². The highest BCUT2D eigenvalue weighted by Gasteiger charge is 2.09. The molecular formula is C14H15BrN2O2. The van der Waals surface area contributed by atoms with Crippen LogP contribution in [0.4, 0.5) is 0 Å². The Morgan fingerprint density at radius 1 is 1.42 bits per heavy atom. The van der Waals surface area contributed by atoms with E-state index in [0.717, 1.165) is 22.2 Å². The van der Waals surface area contributed by atoms with Gasteiger partial charge in [-0.2, -0.15) is 0 Å². The molecule has 5 heteroatoms. The molecule has 0 atom stereocenters. The summed E-state index contributed by atoms with van der Waals surface area (Å²) in [6.07, 6.45) is 2.48. The Hall–Kier alpha value is -1.62. The number of nitrogens with one attached hydrogen (secondary N) is 1. The molecule has 19 heavy (non-hydrogen) atoms. The predicted molar refractivity (Wildman–Crippen MR) is 75.9 cm³/mol. The van der Waals surface area contributed by atoms with Crippen LogP contribution in [0.25, 0.3) is 0 Å². The fraction of sp³-hybridized carbons (Fsp3) is 0.286. The molecule has 0 unspecified atom stereocenters. The van der Waals surface area contributed by atoms with Gasteiger partial charge in [-0.1, -0.05) is 22.9 Å². The van der Waals surface area contributed by atoms with Crippen molar-refractivity contribution in [1.82, 2.24) is 10.3 Å². The molecule has 0 radical (unpaired) electrons. The van der Waals surface area contributed by atoms with Crippen molar-refractivity contribution in [2.24, 2.45) is 0 Å². The summed E-state index contributed by atoms with van der Waals surface area (Å²) in [7, 11) is 0. The molecule has 0 saturated heterocycles. The molecule has 1 aromatic heterocycles. The van der Waals surface area contributed by atoms with Gasteiger partial charge in [0.05, 0.1) is 12.7 Å². The van der Waals surface area contributed by atoms with Crippen molar-refractivity contribution in [2.75, 3.05) is 0 Å². The first-order valence-electron chi connectivity index (χ1n) is 6.07. The fourth-order valence-corrected chi connectivity index (χ4v) is 2.33. The van der Waals surface area contributed by atoms with E-state index in [1.807, 2.05) is 26.0 Å². The molecule has 4 nitrogen and oxygen atoms in total. The van der Waals surface area contributed by atoms with Crippen LogP contribution >= 0.6 is 15.9 Å². The van der Waals surface area contributed by atoms with Gasteiger partial charge in [0.15, 0.2) is 0 Å². The number of hydrogen-bond acceptors (Lipinski definition) is 3. The zero-order chi connectivity index (χ0) is 13.8. The van der Waals surface area contributed by atoms with Crippen molar-refractivity contribution < 1.29 is 9.21 Å². The molecule has 2 aromatic rings. The van der Waals surface area contributed by atoms with Gasteiger partial charge in [0.25, 0.3) is 5.91 Å². The SMILES string of the molecule is CCc1cnc(CNC(=O)c2cc(C)cc(Br)c2)o1. The molecule has 1 aromatic carbocycles. The largest absolute Gasteiger partial charge is 0.444 e.